The van der Waals surface area contributed by atoms with Gasteiger partial charge in [-0.2, -0.15) is 0 Å². The van der Waals surface area contributed by atoms with Gasteiger partial charge in [0.05, 0.1) is 12.3 Å². The van der Waals surface area contributed by atoms with Crippen LogP contribution in [0.3, 0.4) is 0 Å². The first-order chi connectivity index (χ1) is 14.1. The number of rotatable bonds is 12. The van der Waals surface area contributed by atoms with Crippen LogP contribution in [-0.2, 0) is 19.1 Å². The maximum atomic E-state index is 12.4. The normalized spacial score (nSPS) is 14.5. The van der Waals surface area contributed by atoms with Crippen molar-refractivity contribution in [1.29, 1.82) is 0 Å². The molecule has 0 aromatic rings. The summed E-state index contributed by atoms with van der Waals surface area (Å²) in [6, 6.07) is -0.864. The van der Waals surface area contributed by atoms with Crippen molar-refractivity contribution in [2.45, 2.75) is 92.3 Å². The van der Waals surface area contributed by atoms with Crippen molar-refractivity contribution < 1.29 is 29.0 Å². The molecular weight excluding hydrogens is 402 g/mol. The second-order valence-corrected chi connectivity index (χ2v) is 9.84. The highest BCUT2D eigenvalue weighted by molar-refractivity contribution is 5.81. The standard InChI is InChI=1S/C22H41N3O6/c1-13(2)9-16(10-19(27)28)24-20(29)15(5)12-23-18(26)11-17(14(3)4)25-21(30)31-22(6,7)8/h13-17H,9-12H2,1-8H3,(H,23,26)(H,24,29)(H,25,30)(H,27,28)/t15-,16-,17+/m0/s1. The molecule has 0 heterocycles. The van der Waals surface area contributed by atoms with Gasteiger partial charge in [0.1, 0.15) is 5.60 Å². The molecule has 3 atom stereocenters. The molecule has 31 heavy (non-hydrogen) atoms. The van der Waals surface area contributed by atoms with Crippen LogP contribution < -0.4 is 16.0 Å². The molecule has 0 rings (SSSR count). The molecule has 0 saturated carbocycles. The Morgan fingerprint density at radius 2 is 1.52 bits per heavy atom. The van der Waals surface area contributed by atoms with Crippen molar-refractivity contribution in [2.24, 2.45) is 17.8 Å². The highest BCUT2D eigenvalue weighted by Gasteiger charge is 2.25. The molecular formula is C22H41N3O6. The van der Waals surface area contributed by atoms with Crippen LogP contribution in [0.15, 0.2) is 0 Å². The number of ether oxygens (including phenoxy) is 1. The van der Waals surface area contributed by atoms with Gasteiger partial charge in [-0.05, 0) is 39.0 Å². The van der Waals surface area contributed by atoms with Gasteiger partial charge in [-0.15, -0.1) is 0 Å². The Kier molecular flexibility index (Phi) is 12.2. The van der Waals surface area contributed by atoms with E-state index in [1.54, 1.807) is 27.7 Å². The number of amides is 3. The van der Waals surface area contributed by atoms with Crippen LogP contribution in [0.2, 0.25) is 0 Å². The average Bonchev–Trinajstić information content (AvgIpc) is 2.55. The first kappa shape index (κ1) is 28.7. The Labute approximate surface area is 186 Å². The summed E-state index contributed by atoms with van der Waals surface area (Å²) in [7, 11) is 0. The molecule has 0 saturated heterocycles. The minimum absolute atomic E-state index is 0.00630. The monoisotopic (exact) mass is 443 g/mol. The molecule has 0 radical (unpaired) electrons. The fourth-order valence-electron chi connectivity index (χ4n) is 2.86. The van der Waals surface area contributed by atoms with Gasteiger partial charge in [0.25, 0.3) is 0 Å². The molecule has 0 aromatic heterocycles. The van der Waals surface area contributed by atoms with E-state index in [2.05, 4.69) is 16.0 Å². The first-order valence-electron chi connectivity index (χ1n) is 10.9. The van der Waals surface area contributed by atoms with Crippen molar-refractivity contribution in [2.75, 3.05) is 6.54 Å². The van der Waals surface area contributed by atoms with Crippen LogP contribution in [0.5, 0.6) is 0 Å². The van der Waals surface area contributed by atoms with E-state index in [0.29, 0.717) is 6.42 Å². The molecule has 9 nitrogen and oxygen atoms in total. The molecule has 0 aliphatic carbocycles. The van der Waals surface area contributed by atoms with Crippen molar-refractivity contribution >= 4 is 23.9 Å². The van der Waals surface area contributed by atoms with Crippen molar-refractivity contribution in [1.82, 2.24) is 16.0 Å². The van der Waals surface area contributed by atoms with Crippen LogP contribution in [0.4, 0.5) is 4.79 Å². The maximum absolute atomic E-state index is 12.4. The summed E-state index contributed by atoms with van der Waals surface area (Å²) in [5.74, 6) is -1.84. The number of alkyl carbamates (subject to hydrolysis) is 1. The average molecular weight is 444 g/mol. The van der Waals surface area contributed by atoms with Gasteiger partial charge in [-0.25, -0.2) is 4.79 Å². The summed E-state index contributed by atoms with van der Waals surface area (Å²) in [6.07, 6.45) is -0.111. The quantitative estimate of drug-likeness (QED) is 0.366. The minimum Gasteiger partial charge on any atom is -0.481 e. The topological polar surface area (TPSA) is 134 Å². The lowest BCUT2D eigenvalue weighted by Crippen LogP contribution is -2.46. The van der Waals surface area contributed by atoms with Gasteiger partial charge in [-0.1, -0.05) is 34.6 Å². The lowest BCUT2D eigenvalue weighted by molar-refractivity contribution is -0.138. The Balaban J connectivity index is 4.67. The largest absolute Gasteiger partial charge is 0.481 e. The van der Waals surface area contributed by atoms with Crippen LogP contribution in [0.1, 0.15) is 74.7 Å². The maximum Gasteiger partial charge on any atom is 0.407 e. The molecule has 4 N–H and O–H groups in total. The fourth-order valence-corrected chi connectivity index (χ4v) is 2.86. The van der Waals surface area contributed by atoms with Crippen LogP contribution in [0, 0.1) is 17.8 Å². The smallest absolute Gasteiger partial charge is 0.407 e. The molecule has 3 amide bonds. The molecule has 9 heteroatoms. The zero-order chi connectivity index (χ0) is 24.4. The molecule has 0 bridgehead atoms. The van der Waals surface area contributed by atoms with Gasteiger partial charge < -0.3 is 25.8 Å². The van der Waals surface area contributed by atoms with Crippen LogP contribution in [-0.4, -0.2) is 53.2 Å². The summed E-state index contributed by atoms with van der Waals surface area (Å²) in [6.45, 7) is 14.8. The molecule has 0 aliphatic rings. The predicted octanol–water partition coefficient (Wildman–Crippen LogP) is 2.68. The number of carboxylic acid groups (broad SMARTS) is 1. The fraction of sp³-hybridized carbons (Fsp3) is 0.818. The number of nitrogens with one attached hydrogen (secondary N) is 3. The zero-order valence-corrected chi connectivity index (χ0v) is 20.2. The van der Waals surface area contributed by atoms with E-state index < -0.39 is 35.7 Å². The highest BCUT2D eigenvalue weighted by atomic mass is 16.6. The number of carbonyl (C=O) groups excluding carboxylic acids is 3. The minimum atomic E-state index is -0.968. The van der Waals surface area contributed by atoms with Crippen molar-refractivity contribution in [3.8, 4) is 0 Å². The molecule has 0 aromatic carbocycles. The van der Waals surface area contributed by atoms with E-state index in [1.807, 2.05) is 27.7 Å². The first-order valence-corrected chi connectivity index (χ1v) is 10.9. The predicted molar refractivity (Wildman–Crippen MR) is 118 cm³/mol. The lowest BCUT2D eigenvalue weighted by Gasteiger charge is -2.25. The van der Waals surface area contributed by atoms with E-state index in [1.165, 1.54) is 0 Å². The highest BCUT2D eigenvalue weighted by Crippen LogP contribution is 2.11. The van der Waals surface area contributed by atoms with E-state index >= 15 is 0 Å². The van der Waals surface area contributed by atoms with E-state index in [0.717, 1.165) is 0 Å². The van der Waals surface area contributed by atoms with E-state index in [-0.39, 0.29) is 43.0 Å². The number of aliphatic carboxylic acids is 1. The molecule has 0 unspecified atom stereocenters. The van der Waals surface area contributed by atoms with Crippen LogP contribution >= 0.6 is 0 Å². The summed E-state index contributed by atoms with van der Waals surface area (Å²) < 4.78 is 5.24. The Morgan fingerprint density at radius 3 is 1.97 bits per heavy atom. The van der Waals surface area contributed by atoms with Gasteiger partial charge in [0.15, 0.2) is 0 Å². The summed E-state index contributed by atoms with van der Waals surface area (Å²) in [5.41, 5.74) is -0.634. The second-order valence-electron chi connectivity index (χ2n) is 9.84. The number of carbonyl (C=O) groups is 4. The second kappa shape index (κ2) is 13.2. The third-order valence-corrected chi connectivity index (χ3v) is 4.49. The third kappa shape index (κ3) is 14.3. The number of hydrogen-bond acceptors (Lipinski definition) is 5. The number of carboxylic acids is 1. The Hall–Kier alpha value is -2.32. The lowest BCUT2D eigenvalue weighted by atomic mass is 9.99. The van der Waals surface area contributed by atoms with E-state index in [9.17, 15) is 19.2 Å². The van der Waals surface area contributed by atoms with Gasteiger partial charge in [0, 0.05) is 25.0 Å². The Morgan fingerprint density at radius 1 is 0.935 bits per heavy atom. The van der Waals surface area contributed by atoms with Crippen LogP contribution in [0.25, 0.3) is 0 Å². The van der Waals surface area contributed by atoms with Gasteiger partial charge in [0.2, 0.25) is 11.8 Å². The van der Waals surface area contributed by atoms with Gasteiger partial charge in [-0.3, -0.25) is 14.4 Å². The number of hydrogen-bond donors (Lipinski definition) is 4. The summed E-state index contributed by atoms with van der Waals surface area (Å²) in [5, 5.41) is 17.2. The summed E-state index contributed by atoms with van der Waals surface area (Å²) >= 11 is 0. The summed E-state index contributed by atoms with van der Waals surface area (Å²) in [4.78, 5) is 47.8. The van der Waals surface area contributed by atoms with E-state index in [4.69, 9.17) is 9.84 Å². The third-order valence-electron chi connectivity index (χ3n) is 4.49. The molecule has 0 spiro atoms. The molecule has 0 aliphatic heterocycles. The zero-order valence-electron chi connectivity index (χ0n) is 20.2. The van der Waals surface area contributed by atoms with Gasteiger partial charge >= 0.3 is 12.1 Å². The molecule has 180 valence electrons. The molecule has 0 fully saturated rings. The SMILES string of the molecule is CC(C)C[C@@H](CC(=O)O)NC(=O)[C@@H](C)CNC(=O)C[C@@H](NC(=O)OC(C)(C)C)C(C)C. The van der Waals surface area contributed by atoms with Crippen molar-refractivity contribution in [3.05, 3.63) is 0 Å². The Bertz CT molecular complexity index is 613. The van der Waals surface area contributed by atoms with Crippen molar-refractivity contribution in [3.63, 3.8) is 0 Å².